The van der Waals surface area contributed by atoms with Crippen LogP contribution < -0.4 is 5.73 Å². The number of benzene rings is 1. The van der Waals surface area contributed by atoms with Crippen LogP contribution in [-0.2, 0) is 9.53 Å². The Morgan fingerprint density at radius 2 is 2.07 bits per heavy atom. The molecule has 0 heterocycles. The Balaban J connectivity index is 2.97. The van der Waals surface area contributed by atoms with Gasteiger partial charge in [-0.15, -0.1) is 0 Å². The Morgan fingerprint density at radius 1 is 1.47 bits per heavy atom. The van der Waals surface area contributed by atoms with E-state index in [1.54, 1.807) is 25.3 Å². The molecular weight excluding hydrogens is 194 g/mol. The van der Waals surface area contributed by atoms with Gasteiger partial charge in [0.2, 0.25) is 0 Å². The maximum absolute atomic E-state index is 10.7. The van der Waals surface area contributed by atoms with Crippen molar-refractivity contribution in [3.63, 3.8) is 0 Å². The number of hydrogen-bond donors (Lipinski definition) is 2. The number of nitrogens with two attached hydrogens (primary N) is 1. The molecule has 2 atom stereocenters. The molecule has 82 valence electrons. The molecule has 0 aliphatic rings. The van der Waals surface area contributed by atoms with E-state index in [4.69, 9.17) is 15.6 Å². The van der Waals surface area contributed by atoms with Crippen LogP contribution in [-0.4, -0.2) is 18.2 Å². The highest BCUT2D eigenvalue weighted by Crippen LogP contribution is 2.19. The number of carboxylic acid groups (broad SMARTS) is 1. The SMILES string of the molecule is COC(C)c1cccc(C(N)C(=O)O)c1. The maximum Gasteiger partial charge on any atom is 0.325 e. The molecule has 15 heavy (non-hydrogen) atoms. The van der Waals surface area contributed by atoms with E-state index in [0.29, 0.717) is 5.56 Å². The summed E-state index contributed by atoms with van der Waals surface area (Å²) >= 11 is 0. The van der Waals surface area contributed by atoms with Gasteiger partial charge >= 0.3 is 5.97 Å². The summed E-state index contributed by atoms with van der Waals surface area (Å²) in [6.45, 7) is 1.89. The predicted octanol–water partition coefficient (Wildman–Crippen LogP) is 1.48. The Hall–Kier alpha value is -1.39. The van der Waals surface area contributed by atoms with Crippen LogP contribution in [0.2, 0.25) is 0 Å². The largest absolute Gasteiger partial charge is 0.480 e. The fourth-order valence-corrected chi connectivity index (χ4v) is 1.28. The maximum atomic E-state index is 10.7. The normalized spacial score (nSPS) is 14.6. The molecule has 0 fully saturated rings. The standard InChI is InChI=1S/C11H15NO3/c1-7(15-2)8-4-3-5-9(6-8)10(12)11(13)14/h3-7,10H,12H2,1-2H3,(H,13,14). The van der Waals surface area contributed by atoms with Gasteiger partial charge in [0.15, 0.2) is 0 Å². The summed E-state index contributed by atoms with van der Waals surface area (Å²) in [7, 11) is 1.61. The van der Waals surface area contributed by atoms with Gasteiger partial charge in [-0.2, -0.15) is 0 Å². The van der Waals surface area contributed by atoms with Crippen molar-refractivity contribution >= 4 is 5.97 Å². The van der Waals surface area contributed by atoms with Crippen LogP contribution in [0.1, 0.15) is 30.2 Å². The van der Waals surface area contributed by atoms with Gasteiger partial charge in [0, 0.05) is 7.11 Å². The molecule has 0 aliphatic carbocycles. The third-order valence-electron chi connectivity index (χ3n) is 2.36. The first-order valence-electron chi connectivity index (χ1n) is 4.67. The molecule has 0 radical (unpaired) electrons. The minimum atomic E-state index is -1.03. The van der Waals surface area contributed by atoms with E-state index in [2.05, 4.69) is 0 Å². The van der Waals surface area contributed by atoms with Crippen molar-refractivity contribution < 1.29 is 14.6 Å². The fraction of sp³-hybridized carbons (Fsp3) is 0.364. The highest BCUT2D eigenvalue weighted by molar-refractivity contribution is 5.75. The van der Waals surface area contributed by atoms with Gasteiger partial charge in [0.1, 0.15) is 6.04 Å². The number of hydrogen-bond acceptors (Lipinski definition) is 3. The van der Waals surface area contributed by atoms with Crippen molar-refractivity contribution in [2.75, 3.05) is 7.11 Å². The van der Waals surface area contributed by atoms with Gasteiger partial charge in [-0.25, -0.2) is 0 Å². The second-order valence-electron chi connectivity index (χ2n) is 3.36. The summed E-state index contributed by atoms with van der Waals surface area (Å²) in [5.74, 6) is -1.03. The molecule has 2 unspecified atom stereocenters. The number of carboxylic acids is 1. The lowest BCUT2D eigenvalue weighted by Crippen LogP contribution is -2.20. The monoisotopic (exact) mass is 209 g/mol. The molecule has 0 saturated heterocycles. The third kappa shape index (κ3) is 2.78. The highest BCUT2D eigenvalue weighted by Gasteiger charge is 2.15. The lowest BCUT2D eigenvalue weighted by Gasteiger charge is -2.13. The molecule has 1 rings (SSSR count). The molecule has 1 aromatic rings. The Labute approximate surface area is 88.7 Å². The molecule has 0 aromatic heterocycles. The van der Waals surface area contributed by atoms with E-state index >= 15 is 0 Å². The molecule has 0 aliphatic heterocycles. The summed E-state index contributed by atoms with van der Waals surface area (Å²) < 4.78 is 5.14. The smallest absolute Gasteiger partial charge is 0.325 e. The number of aliphatic carboxylic acids is 1. The van der Waals surface area contributed by atoms with Crippen molar-refractivity contribution in [3.8, 4) is 0 Å². The second kappa shape index (κ2) is 4.91. The van der Waals surface area contributed by atoms with Gasteiger partial charge in [0.05, 0.1) is 6.10 Å². The lowest BCUT2D eigenvalue weighted by atomic mass is 10.0. The molecule has 0 amide bonds. The van der Waals surface area contributed by atoms with Gasteiger partial charge in [-0.3, -0.25) is 4.79 Å². The molecule has 1 aromatic carbocycles. The van der Waals surface area contributed by atoms with Crippen molar-refractivity contribution in [2.45, 2.75) is 19.1 Å². The van der Waals surface area contributed by atoms with Crippen LogP contribution in [0.5, 0.6) is 0 Å². The molecule has 3 N–H and O–H groups in total. The van der Waals surface area contributed by atoms with Crippen LogP contribution in [0.4, 0.5) is 0 Å². The molecular formula is C11H15NO3. The summed E-state index contributed by atoms with van der Waals surface area (Å²) in [4.78, 5) is 10.7. The number of methoxy groups -OCH3 is 1. The topological polar surface area (TPSA) is 72.5 Å². The minimum absolute atomic E-state index is 0.0639. The number of rotatable bonds is 4. The summed E-state index contributed by atoms with van der Waals surface area (Å²) in [6.07, 6.45) is -0.0639. The quantitative estimate of drug-likeness (QED) is 0.787. The number of ether oxygens (including phenoxy) is 1. The van der Waals surface area contributed by atoms with E-state index in [0.717, 1.165) is 5.56 Å². The van der Waals surface area contributed by atoms with Crippen molar-refractivity contribution in [1.29, 1.82) is 0 Å². The van der Waals surface area contributed by atoms with Crippen LogP contribution in [0.25, 0.3) is 0 Å². The molecule has 4 nitrogen and oxygen atoms in total. The van der Waals surface area contributed by atoms with E-state index in [9.17, 15) is 4.79 Å². The van der Waals surface area contributed by atoms with Crippen molar-refractivity contribution in [2.24, 2.45) is 5.73 Å². The zero-order chi connectivity index (χ0) is 11.4. The average molecular weight is 209 g/mol. The highest BCUT2D eigenvalue weighted by atomic mass is 16.5. The van der Waals surface area contributed by atoms with Gasteiger partial charge in [0.25, 0.3) is 0 Å². The summed E-state index contributed by atoms with van der Waals surface area (Å²) in [5.41, 5.74) is 7.02. The average Bonchev–Trinajstić information content (AvgIpc) is 2.27. The predicted molar refractivity (Wildman–Crippen MR) is 56.4 cm³/mol. The Bertz CT molecular complexity index is 351. The first kappa shape index (κ1) is 11.7. The fourth-order valence-electron chi connectivity index (χ4n) is 1.28. The van der Waals surface area contributed by atoms with Crippen LogP contribution in [0.15, 0.2) is 24.3 Å². The molecule has 0 saturated carbocycles. The third-order valence-corrected chi connectivity index (χ3v) is 2.36. The van der Waals surface area contributed by atoms with E-state index in [1.165, 1.54) is 0 Å². The Morgan fingerprint density at radius 3 is 2.60 bits per heavy atom. The Kier molecular flexibility index (Phi) is 3.82. The van der Waals surface area contributed by atoms with Crippen molar-refractivity contribution in [1.82, 2.24) is 0 Å². The van der Waals surface area contributed by atoms with Gasteiger partial charge < -0.3 is 15.6 Å². The van der Waals surface area contributed by atoms with Crippen molar-refractivity contribution in [3.05, 3.63) is 35.4 Å². The first-order valence-corrected chi connectivity index (χ1v) is 4.67. The van der Waals surface area contributed by atoms with Crippen LogP contribution in [0.3, 0.4) is 0 Å². The van der Waals surface area contributed by atoms with Gasteiger partial charge in [-0.05, 0) is 18.1 Å². The minimum Gasteiger partial charge on any atom is -0.480 e. The summed E-state index contributed by atoms with van der Waals surface area (Å²) in [6, 6.07) is 6.14. The number of carbonyl (C=O) groups is 1. The zero-order valence-corrected chi connectivity index (χ0v) is 8.81. The summed E-state index contributed by atoms with van der Waals surface area (Å²) in [5, 5.41) is 8.77. The second-order valence-corrected chi connectivity index (χ2v) is 3.36. The lowest BCUT2D eigenvalue weighted by molar-refractivity contribution is -0.138. The van der Waals surface area contributed by atoms with E-state index in [-0.39, 0.29) is 6.10 Å². The van der Waals surface area contributed by atoms with Gasteiger partial charge in [-0.1, -0.05) is 24.3 Å². The zero-order valence-electron chi connectivity index (χ0n) is 8.81. The molecule has 0 bridgehead atoms. The van der Waals surface area contributed by atoms with E-state index in [1.807, 2.05) is 13.0 Å². The van der Waals surface area contributed by atoms with E-state index < -0.39 is 12.0 Å². The van der Waals surface area contributed by atoms with Crippen LogP contribution >= 0.6 is 0 Å². The molecule has 4 heteroatoms. The molecule has 0 spiro atoms. The van der Waals surface area contributed by atoms with Crippen LogP contribution in [0, 0.1) is 0 Å². The first-order chi connectivity index (χ1) is 7.06.